The lowest BCUT2D eigenvalue weighted by molar-refractivity contribution is -0.0384. The van der Waals surface area contributed by atoms with E-state index in [9.17, 15) is 17.4 Å². The maximum absolute atomic E-state index is 12.6. The van der Waals surface area contributed by atoms with Gasteiger partial charge in [0.15, 0.2) is 10.8 Å². The van der Waals surface area contributed by atoms with E-state index < -0.39 is 16.3 Å². The summed E-state index contributed by atoms with van der Waals surface area (Å²) in [6.07, 6.45) is 11.5. The highest BCUT2D eigenvalue weighted by molar-refractivity contribution is 7.86. The second-order valence-corrected chi connectivity index (χ2v) is 9.46. The second-order valence-electron chi connectivity index (χ2n) is 7.99. The number of ether oxygens (including phenoxy) is 1. The van der Waals surface area contributed by atoms with Gasteiger partial charge in [-0.05, 0) is 48.0 Å². The van der Waals surface area contributed by atoms with E-state index in [1.165, 1.54) is 30.5 Å². The van der Waals surface area contributed by atoms with E-state index >= 15 is 0 Å². The Morgan fingerprint density at radius 1 is 0.947 bits per heavy atom. The van der Waals surface area contributed by atoms with Crippen LogP contribution in [-0.4, -0.2) is 29.2 Å². The SMILES string of the molecule is O=S(c1ccc(/C=C/c2nc(COc3ccc(-c4nc(Cn5ccnc5)co4)cc3)co2)cc1)C(F)(F)F. The summed E-state index contributed by atoms with van der Waals surface area (Å²) < 4.78 is 67.7. The van der Waals surface area contributed by atoms with Gasteiger partial charge in [-0.25, -0.2) is 19.2 Å². The van der Waals surface area contributed by atoms with Gasteiger partial charge < -0.3 is 18.1 Å². The Hall–Kier alpha value is -4.45. The van der Waals surface area contributed by atoms with Crippen LogP contribution in [0.2, 0.25) is 0 Å². The number of nitrogens with zero attached hydrogens (tertiary/aromatic N) is 4. The Kier molecular flexibility index (Phi) is 7.22. The third kappa shape index (κ3) is 6.27. The standard InChI is InChI=1S/C26H19F3N4O4S/c27-26(28,29)38(34)23-8-1-18(2-9-23)3-10-24-31-21(16-36-24)15-35-22-6-4-19(5-7-22)25-32-20(14-37-25)13-33-12-11-30-17-33/h1-12,14,16-17H,13,15H2/b10-3+. The summed E-state index contributed by atoms with van der Waals surface area (Å²) in [6.45, 7) is 0.735. The summed E-state index contributed by atoms with van der Waals surface area (Å²) >= 11 is 0. The van der Waals surface area contributed by atoms with Crippen molar-refractivity contribution in [1.29, 1.82) is 0 Å². The molecule has 8 nitrogen and oxygen atoms in total. The molecule has 1 unspecified atom stereocenters. The number of oxazole rings is 2. The van der Waals surface area contributed by atoms with Crippen LogP contribution in [0.25, 0.3) is 23.6 Å². The van der Waals surface area contributed by atoms with E-state index in [1.807, 2.05) is 22.9 Å². The molecule has 3 heterocycles. The number of imidazole rings is 1. The summed E-state index contributed by atoms with van der Waals surface area (Å²) in [5.74, 6) is 1.43. The molecule has 0 saturated carbocycles. The lowest BCUT2D eigenvalue weighted by Gasteiger charge is -2.05. The van der Waals surface area contributed by atoms with Crippen LogP contribution >= 0.6 is 0 Å². The van der Waals surface area contributed by atoms with Crippen molar-refractivity contribution in [1.82, 2.24) is 19.5 Å². The molecule has 2 aromatic carbocycles. The first-order valence-corrected chi connectivity index (χ1v) is 12.3. The van der Waals surface area contributed by atoms with Crippen LogP contribution in [0.3, 0.4) is 0 Å². The van der Waals surface area contributed by atoms with Crippen LogP contribution in [0, 0.1) is 0 Å². The van der Waals surface area contributed by atoms with E-state index in [0.29, 0.717) is 35.3 Å². The molecule has 5 aromatic rings. The van der Waals surface area contributed by atoms with Gasteiger partial charge in [-0.1, -0.05) is 12.1 Å². The lowest BCUT2D eigenvalue weighted by Crippen LogP contribution is -2.16. The van der Waals surface area contributed by atoms with Crippen LogP contribution in [0.1, 0.15) is 22.8 Å². The van der Waals surface area contributed by atoms with Crippen molar-refractivity contribution in [2.24, 2.45) is 0 Å². The van der Waals surface area contributed by atoms with Crippen LogP contribution in [0.4, 0.5) is 13.2 Å². The summed E-state index contributed by atoms with van der Waals surface area (Å²) in [5.41, 5.74) is -2.05. The predicted octanol–water partition coefficient (Wildman–Crippen LogP) is 5.95. The Balaban J connectivity index is 1.14. The summed E-state index contributed by atoms with van der Waals surface area (Å²) in [5, 5.41) is 0. The molecule has 194 valence electrons. The zero-order valence-electron chi connectivity index (χ0n) is 19.5. The van der Waals surface area contributed by atoms with Crippen LogP contribution in [0.5, 0.6) is 5.75 Å². The van der Waals surface area contributed by atoms with Crippen molar-refractivity contribution in [3.05, 3.63) is 103 Å². The molecule has 12 heteroatoms. The molecule has 0 aliphatic rings. The number of hydrogen-bond acceptors (Lipinski definition) is 7. The summed E-state index contributed by atoms with van der Waals surface area (Å²) in [4.78, 5) is 12.5. The number of benzene rings is 2. The molecule has 1 atom stereocenters. The van der Waals surface area contributed by atoms with Gasteiger partial charge >= 0.3 is 5.51 Å². The van der Waals surface area contributed by atoms with Gasteiger partial charge in [0.1, 0.15) is 30.6 Å². The zero-order chi connectivity index (χ0) is 26.5. The number of hydrogen-bond donors (Lipinski definition) is 0. The molecule has 0 aliphatic carbocycles. The zero-order valence-corrected chi connectivity index (χ0v) is 20.4. The van der Waals surface area contributed by atoms with Crippen molar-refractivity contribution in [3.8, 4) is 17.2 Å². The first kappa shape index (κ1) is 25.2. The Morgan fingerprint density at radius 2 is 1.71 bits per heavy atom. The molecular formula is C26H19F3N4O4S. The Labute approximate surface area is 216 Å². The van der Waals surface area contributed by atoms with Crippen LogP contribution < -0.4 is 4.74 Å². The monoisotopic (exact) mass is 540 g/mol. The predicted molar refractivity (Wildman–Crippen MR) is 132 cm³/mol. The number of rotatable bonds is 9. The highest BCUT2D eigenvalue weighted by Gasteiger charge is 2.37. The third-order valence-corrected chi connectivity index (χ3v) is 6.36. The van der Waals surface area contributed by atoms with E-state index in [-0.39, 0.29) is 11.5 Å². The second kappa shape index (κ2) is 10.9. The molecule has 0 radical (unpaired) electrons. The fourth-order valence-corrected chi connectivity index (χ4v) is 4.05. The fraction of sp³-hybridized carbons (Fsp3) is 0.115. The van der Waals surface area contributed by atoms with E-state index in [0.717, 1.165) is 11.3 Å². The maximum Gasteiger partial charge on any atom is 0.475 e. The highest BCUT2D eigenvalue weighted by atomic mass is 32.2. The minimum atomic E-state index is -4.79. The molecule has 5 rings (SSSR count). The Morgan fingerprint density at radius 3 is 2.42 bits per heavy atom. The molecule has 0 spiro atoms. The third-order valence-electron chi connectivity index (χ3n) is 5.24. The molecule has 3 aromatic heterocycles. The largest absolute Gasteiger partial charge is 0.487 e. The van der Waals surface area contributed by atoms with Crippen molar-refractivity contribution in [3.63, 3.8) is 0 Å². The lowest BCUT2D eigenvalue weighted by atomic mass is 10.2. The van der Waals surface area contributed by atoms with Gasteiger partial charge in [0.25, 0.3) is 0 Å². The Bertz CT molecular complexity index is 1540. The topological polar surface area (TPSA) is 96.2 Å². The maximum atomic E-state index is 12.6. The average molecular weight is 541 g/mol. The molecule has 0 N–H and O–H groups in total. The minimum absolute atomic E-state index is 0.169. The fourth-order valence-electron chi connectivity index (χ4n) is 3.40. The molecule has 38 heavy (non-hydrogen) atoms. The number of halogens is 3. The van der Waals surface area contributed by atoms with Gasteiger partial charge in [-0.15, -0.1) is 0 Å². The molecule has 0 aliphatic heterocycles. The van der Waals surface area contributed by atoms with Gasteiger partial charge in [0, 0.05) is 28.9 Å². The van der Waals surface area contributed by atoms with Crippen LogP contribution in [0.15, 0.2) is 93.5 Å². The van der Waals surface area contributed by atoms with Gasteiger partial charge in [0.05, 0.1) is 18.6 Å². The first-order chi connectivity index (χ1) is 18.3. The molecular weight excluding hydrogens is 521 g/mol. The van der Waals surface area contributed by atoms with Crippen molar-refractivity contribution < 1.29 is 31.0 Å². The molecule has 0 bridgehead atoms. The normalized spacial score (nSPS) is 12.7. The summed E-state index contributed by atoms with van der Waals surface area (Å²) in [6, 6.07) is 12.5. The van der Waals surface area contributed by atoms with Crippen LogP contribution in [-0.2, 0) is 24.0 Å². The molecule has 0 amide bonds. The summed E-state index contributed by atoms with van der Waals surface area (Å²) in [7, 11) is -3.06. The van der Waals surface area contributed by atoms with Crippen molar-refractivity contribution in [2.75, 3.05) is 0 Å². The molecule has 0 saturated heterocycles. The first-order valence-electron chi connectivity index (χ1n) is 11.2. The molecule has 0 fully saturated rings. The minimum Gasteiger partial charge on any atom is -0.487 e. The number of aromatic nitrogens is 4. The number of alkyl halides is 3. The van der Waals surface area contributed by atoms with Crippen molar-refractivity contribution >= 4 is 23.0 Å². The van der Waals surface area contributed by atoms with E-state index in [1.54, 1.807) is 43.1 Å². The average Bonchev–Trinajstić information content (AvgIpc) is 3.69. The van der Waals surface area contributed by atoms with Gasteiger partial charge in [-0.3, -0.25) is 0 Å². The van der Waals surface area contributed by atoms with E-state index in [4.69, 9.17) is 13.6 Å². The smallest absolute Gasteiger partial charge is 0.475 e. The van der Waals surface area contributed by atoms with Crippen molar-refractivity contribution in [2.45, 2.75) is 23.6 Å². The quantitative estimate of drug-likeness (QED) is 0.228. The van der Waals surface area contributed by atoms with Gasteiger partial charge in [-0.2, -0.15) is 13.2 Å². The van der Waals surface area contributed by atoms with Gasteiger partial charge in [0.2, 0.25) is 11.8 Å². The highest BCUT2D eigenvalue weighted by Crippen LogP contribution is 2.27. The van der Waals surface area contributed by atoms with E-state index in [2.05, 4.69) is 15.0 Å².